The Labute approximate surface area is 162 Å². The van der Waals surface area contributed by atoms with E-state index in [-0.39, 0.29) is 17.7 Å². The van der Waals surface area contributed by atoms with Crippen LogP contribution in [0, 0.1) is 10.1 Å². The van der Waals surface area contributed by atoms with Crippen LogP contribution in [0.1, 0.15) is 19.8 Å². The number of nitro benzene ring substituents is 1. The average Bonchev–Trinajstić information content (AvgIpc) is 3.21. The Hall–Kier alpha value is -3.13. The second-order valence-corrected chi connectivity index (χ2v) is 6.47. The van der Waals surface area contributed by atoms with Gasteiger partial charge in [-0.25, -0.2) is 0 Å². The Bertz CT molecular complexity index is 800. The minimum atomic E-state index is -0.767. The maximum Gasteiger partial charge on any atom is 0.269 e. The lowest BCUT2D eigenvalue weighted by Crippen LogP contribution is -2.30. The summed E-state index contributed by atoms with van der Waals surface area (Å²) >= 11 is 0. The lowest BCUT2D eigenvalue weighted by atomic mass is 10.2. The first-order valence-corrected chi connectivity index (χ1v) is 9.08. The van der Waals surface area contributed by atoms with Crippen LogP contribution >= 0.6 is 0 Å². The molecule has 0 aromatic heterocycles. The highest BCUT2D eigenvalue weighted by atomic mass is 16.6. The van der Waals surface area contributed by atoms with Gasteiger partial charge in [-0.3, -0.25) is 14.9 Å². The van der Waals surface area contributed by atoms with E-state index in [9.17, 15) is 14.9 Å². The number of benzene rings is 2. The van der Waals surface area contributed by atoms with Crippen molar-refractivity contribution in [3.63, 3.8) is 0 Å². The normalized spacial score (nSPS) is 17.0. The third kappa shape index (κ3) is 5.43. The third-order valence-electron chi connectivity index (χ3n) is 4.31. The fourth-order valence-electron chi connectivity index (χ4n) is 2.75. The first-order chi connectivity index (χ1) is 13.5. The Morgan fingerprint density at radius 1 is 1.21 bits per heavy atom. The molecule has 28 heavy (non-hydrogen) atoms. The molecule has 0 radical (unpaired) electrons. The number of ether oxygens (including phenoxy) is 3. The highest BCUT2D eigenvalue weighted by Gasteiger charge is 2.17. The SMILES string of the molecule is C[C@@H](Oc1ccc([N+](=O)[O-])cc1)C(=O)Nc1ccc(OC[C@@H]2CCCO2)cc1. The lowest BCUT2D eigenvalue weighted by molar-refractivity contribution is -0.384. The van der Waals surface area contributed by atoms with Gasteiger partial charge < -0.3 is 19.5 Å². The van der Waals surface area contributed by atoms with Crippen LogP contribution in [0.4, 0.5) is 11.4 Å². The topological polar surface area (TPSA) is 99.9 Å². The molecule has 8 heteroatoms. The van der Waals surface area contributed by atoms with Gasteiger partial charge in [0.15, 0.2) is 6.10 Å². The van der Waals surface area contributed by atoms with Crippen molar-refractivity contribution in [2.75, 3.05) is 18.5 Å². The summed E-state index contributed by atoms with van der Waals surface area (Å²) in [6.45, 7) is 2.92. The van der Waals surface area contributed by atoms with E-state index in [1.54, 1.807) is 31.2 Å². The molecular formula is C20H22N2O6. The van der Waals surface area contributed by atoms with Crippen LogP contribution in [0.5, 0.6) is 11.5 Å². The van der Waals surface area contributed by atoms with Gasteiger partial charge in [-0.2, -0.15) is 0 Å². The van der Waals surface area contributed by atoms with Crippen LogP contribution in [0.25, 0.3) is 0 Å². The molecular weight excluding hydrogens is 364 g/mol. The average molecular weight is 386 g/mol. The maximum absolute atomic E-state index is 12.3. The monoisotopic (exact) mass is 386 g/mol. The third-order valence-corrected chi connectivity index (χ3v) is 4.31. The van der Waals surface area contributed by atoms with Crippen LogP contribution in [-0.2, 0) is 9.53 Å². The fraction of sp³-hybridized carbons (Fsp3) is 0.350. The summed E-state index contributed by atoms with van der Waals surface area (Å²) < 4.78 is 16.7. The number of rotatable bonds is 8. The Morgan fingerprint density at radius 3 is 2.50 bits per heavy atom. The van der Waals surface area contributed by atoms with Gasteiger partial charge in [0.1, 0.15) is 18.1 Å². The molecule has 1 heterocycles. The summed E-state index contributed by atoms with van der Waals surface area (Å²) in [5.41, 5.74) is 0.583. The number of hydrogen-bond donors (Lipinski definition) is 1. The van der Waals surface area contributed by atoms with Crippen LogP contribution in [0.2, 0.25) is 0 Å². The second kappa shape index (κ2) is 9.18. The van der Waals surface area contributed by atoms with Gasteiger partial charge in [0.25, 0.3) is 11.6 Å². The van der Waals surface area contributed by atoms with Crippen molar-refractivity contribution in [1.82, 2.24) is 0 Å². The van der Waals surface area contributed by atoms with Gasteiger partial charge in [0, 0.05) is 24.4 Å². The molecule has 1 aliphatic heterocycles. The first-order valence-electron chi connectivity index (χ1n) is 9.08. The van der Waals surface area contributed by atoms with E-state index in [1.165, 1.54) is 24.3 Å². The van der Waals surface area contributed by atoms with Gasteiger partial charge in [0.05, 0.1) is 11.0 Å². The molecule has 148 valence electrons. The van der Waals surface area contributed by atoms with E-state index >= 15 is 0 Å². The standard InChI is InChI=1S/C20H22N2O6/c1-14(28-18-10-6-16(7-11-18)22(24)25)20(23)21-15-4-8-17(9-5-15)27-13-19-3-2-12-26-19/h4-11,14,19H,2-3,12-13H2,1H3,(H,21,23)/t14-,19+/m1/s1. The van der Waals surface area contributed by atoms with Crippen molar-refractivity contribution in [3.8, 4) is 11.5 Å². The van der Waals surface area contributed by atoms with Gasteiger partial charge in [-0.05, 0) is 56.2 Å². The second-order valence-electron chi connectivity index (χ2n) is 6.47. The predicted octanol–water partition coefficient (Wildman–Crippen LogP) is 3.56. The molecule has 1 saturated heterocycles. The van der Waals surface area contributed by atoms with Crippen LogP contribution in [-0.4, -0.2) is 36.3 Å². The Balaban J connectivity index is 1.48. The molecule has 0 saturated carbocycles. The quantitative estimate of drug-likeness (QED) is 0.550. The van der Waals surface area contributed by atoms with Gasteiger partial charge in [0.2, 0.25) is 0 Å². The summed E-state index contributed by atoms with van der Waals surface area (Å²) in [6.07, 6.45) is 1.47. The van der Waals surface area contributed by atoms with Crippen LogP contribution in [0.3, 0.4) is 0 Å². The van der Waals surface area contributed by atoms with Crippen molar-refractivity contribution < 1.29 is 23.9 Å². The van der Waals surface area contributed by atoms with Gasteiger partial charge >= 0.3 is 0 Å². The van der Waals surface area contributed by atoms with Crippen molar-refractivity contribution >= 4 is 17.3 Å². The highest BCUT2D eigenvalue weighted by molar-refractivity contribution is 5.94. The molecule has 8 nitrogen and oxygen atoms in total. The molecule has 0 spiro atoms. The molecule has 1 aliphatic rings. The zero-order valence-electron chi connectivity index (χ0n) is 15.5. The first kappa shape index (κ1) is 19.6. The lowest BCUT2D eigenvalue weighted by Gasteiger charge is -2.15. The number of nitrogens with zero attached hydrogens (tertiary/aromatic N) is 1. The Morgan fingerprint density at radius 2 is 1.89 bits per heavy atom. The molecule has 0 bridgehead atoms. The molecule has 0 aliphatic carbocycles. The van der Waals surface area contributed by atoms with E-state index in [0.29, 0.717) is 23.8 Å². The number of amides is 1. The summed E-state index contributed by atoms with van der Waals surface area (Å²) in [5.74, 6) is 0.765. The van der Waals surface area contributed by atoms with Gasteiger partial charge in [-0.15, -0.1) is 0 Å². The fourth-order valence-corrected chi connectivity index (χ4v) is 2.75. The molecule has 0 unspecified atom stereocenters. The molecule has 1 fully saturated rings. The van der Waals surface area contributed by atoms with Crippen LogP contribution < -0.4 is 14.8 Å². The van der Waals surface area contributed by atoms with Crippen molar-refractivity contribution in [2.24, 2.45) is 0 Å². The smallest absolute Gasteiger partial charge is 0.269 e. The number of nitro groups is 1. The number of nitrogens with one attached hydrogen (secondary N) is 1. The molecule has 2 atom stereocenters. The van der Waals surface area contributed by atoms with E-state index in [1.807, 2.05) is 0 Å². The van der Waals surface area contributed by atoms with E-state index in [4.69, 9.17) is 14.2 Å². The summed E-state index contributed by atoms with van der Waals surface area (Å²) in [6, 6.07) is 12.6. The van der Waals surface area contributed by atoms with Crippen molar-refractivity contribution in [1.29, 1.82) is 0 Å². The number of anilines is 1. The predicted molar refractivity (Wildman–Crippen MR) is 103 cm³/mol. The zero-order chi connectivity index (χ0) is 19.9. The van der Waals surface area contributed by atoms with E-state index < -0.39 is 11.0 Å². The summed E-state index contributed by atoms with van der Waals surface area (Å²) in [5, 5.41) is 13.4. The zero-order valence-corrected chi connectivity index (χ0v) is 15.5. The highest BCUT2D eigenvalue weighted by Crippen LogP contribution is 2.20. The molecule has 2 aromatic carbocycles. The van der Waals surface area contributed by atoms with Crippen LogP contribution in [0.15, 0.2) is 48.5 Å². The number of non-ortho nitro benzene ring substituents is 1. The summed E-state index contributed by atoms with van der Waals surface area (Å²) in [4.78, 5) is 22.5. The minimum absolute atomic E-state index is 0.0359. The number of carbonyl (C=O) groups excluding carboxylic acids is 1. The summed E-state index contributed by atoms with van der Waals surface area (Å²) in [7, 11) is 0. The largest absolute Gasteiger partial charge is 0.491 e. The van der Waals surface area contributed by atoms with E-state index in [2.05, 4.69) is 5.32 Å². The van der Waals surface area contributed by atoms with Gasteiger partial charge in [-0.1, -0.05) is 0 Å². The minimum Gasteiger partial charge on any atom is -0.491 e. The van der Waals surface area contributed by atoms with Crippen molar-refractivity contribution in [3.05, 3.63) is 58.6 Å². The van der Waals surface area contributed by atoms with E-state index in [0.717, 1.165) is 19.4 Å². The molecule has 2 aromatic rings. The van der Waals surface area contributed by atoms with Crippen molar-refractivity contribution in [2.45, 2.75) is 32.0 Å². The number of hydrogen-bond acceptors (Lipinski definition) is 6. The molecule has 3 rings (SSSR count). The Kier molecular flexibility index (Phi) is 6.44. The molecule has 1 amide bonds. The number of carbonyl (C=O) groups is 1. The molecule has 1 N–H and O–H groups in total. The maximum atomic E-state index is 12.3.